The number of ketones is 1. The van der Waals surface area contributed by atoms with E-state index < -0.39 is 5.24 Å². The Morgan fingerprint density at radius 3 is 2.20 bits per heavy atom. The Balaban J connectivity index is 3.30. The van der Waals surface area contributed by atoms with Crippen LogP contribution >= 0.6 is 11.6 Å². The fraction of sp³-hybridized carbons (Fsp3) is 0.714. The quantitative estimate of drug-likeness (QED) is 0.579. The van der Waals surface area contributed by atoms with Gasteiger partial charge in [0.25, 0.3) is 0 Å². The van der Waals surface area contributed by atoms with E-state index in [1.54, 1.807) is 0 Å². The van der Waals surface area contributed by atoms with E-state index in [4.69, 9.17) is 11.6 Å². The summed E-state index contributed by atoms with van der Waals surface area (Å²) < 4.78 is 0. The lowest BCUT2D eigenvalue weighted by atomic mass is 10.1. The van der Waals surface area contributed by atoms with E-state index in [1.165, 1.54) is 0 Å². The lowest BCUT2D eigenvalue weighted by Crippen LogP contribution is -1.98. The average Bonchev–Trinajstić information content (AvgIpc) is 1.85. The van der Waals surface area contributed by atoms with Crippen molar-refractivity contribution in [2.75, 3.05) is 0 Å². The molecule has 0 aromatic rings. The summed E-state index contributed by atoms with van der Waals surface area (Å²) in [4.78, 5) is 20.9. The molecule has 3 heteroatoms. The molecule has 0 amide bonds. The maximum absolute atomic E-state index is 10.7. The molecule has 0 aliphatic heterocycles. The first kappa shape index (κ1) is 9.63. The summed E-state index contributed by atoms with van der Waals surface area (Å²) in [6, 6.07) is 0. The van der Waals surface area contributed by atoms with Gasteiger partial charge in [-0.3, -0.25) is 9.59 Å². The van der Waals surface area contributed by atoms with Crippen LogP contribution in [0, 0.1) is 0 Å². The van der Waals surface area contributed by atoms with Crippen molar-refractivity contribution in [3.63, 3.8) is 0 Å². The van der Waals surface area contributed by atoms with Crippen molar-refractivity contribution in [3.05, 3.63) is 0 Å². The minimum atomic E-state index is -0.426. The number of carbonyl (C=O) groups is 2. The third-order valence-corrected chi connectivity index (χ3v) is 1.32. The second-order valence-corrected chi connectivity index (χ2v) is 2.57. The molecule has 0 aliphatic rings. The van der Waals surface area contributed by atoms with Crippen LogP contribution in [0.1, 0.15) is 32.6 Å². The van der Waals surface area contributed by atoms with Crippen molar-refractivity contribution in [1.82, 2.24) is 0 Å². The van der Waals surface area contributed by atoms with Gasteiger partial charge in [0.15, 0.2) is 0 Å². The van der Waals surface area contributed by atoms with Crippen molar-refractivity contribution < 1.29 is 9.59 Å². The molecule has 10 heavy (non-hydrogen) atoms. The van der Waals surface area contributed by atoms with E-state index in [9.17, 15) is 9.59 Å². The zero-order valence-electron chi connectivity index (χ0n) is 6.02. The maximum atomic E-state index is 10.7. The molecule has 0 rings (SSSR count). The van der Waals surface area contributed by atoms with Crippen molar-refractivity contribution in [2.45, 2.75) is 32.6 Å². The average molecular weight is 163 g/mol. The third kappa shape index (κ3) is 5.76. The molecule has 0 fully saturated rings. The van der Waals surface area contributed by atoms with E-state index in [-0.39, 0.29) is 12.2 Å². The Morgan fingerprint density at radius 1 is 1.20 bits per heavy atom. The van der Waals surface area contributed by atoms with E-state index >= 15 is 0 Å². The van der Waals surface area contributed by atoms with Crippen LogP contribution in [-0.4, -0.2) is 11.0 Å². The molecular formula is C7H11ClO2. The van der Waals surface area contributed by atoms with Crippen LogP contribution in [-0.2, 0) is 9.59 Å². The maximum Gasteiger partial charge on any atom is 0.222 e. The number of Topliss-reactive ketones (excluding diaryl/α,β-unsaturated/α-hetero) is 1. The van der Waals surface area contributed by atoms with Crippen molar-refractivity contribution >= 4 is 22.6 Å². The molecule has 0 aliphatic carbocycles. The minimum absolute atomic E-state index is 0.122. The molecule has 0 saturated heterocycles. The normalized spacial score (nSPS) is 9.40. The standard InChI is InChI=1S/C7H11ClO2/c1-2-3-6(9)4-5-7(8)10/h2-5H2,1H3. The SMILES string of the molecule is CCCC(=O)CCC(=O)Cl. The molecule has 0 spiro atoms. The second kappa shape index (κ2) is 5.42. The van der Waals surface area contributed by atoms with Crippen molar-refractivity contribution in [2.24, 2.45) is 0 Å². The Hall–Kier alpha value is -0.370. The first-order valence-electron chi connectivity index (χ1n) is 3.36. The number of rotatable bonds is 5. The summed E-state index contributed by atoms with van der Waals surface area (Å²) in [5, 5.41) is -0.426. The zero-order valence-corrected chi connectivity index (χ0v) is 6.78. The largest absolute Gasteiger partial charge is 0.300 e. The van der Waals surface area contributed by atoms with Crippen molar-refractivity contribution in [1.29, 1.82) is 0 Å². The topological polar surface area (TPSA) is 34.1 Å². The van der Waals surface area contributed by atoms with Gasteiger partial charge in [0.2, 0.25) is 5.24 Å². The Kier molecular flexibility index (Phi) is 5.22. The highest BCUT2D eigenvalue weighted by Crippen LogP contribution is 2.00. The van der Waals surface area contributed by atoms with E-state index in [1.807, 2.05) is 6.92 Å². The Bertz CT molecular complexity index is 132. The predicted molar refractivity (Wildman–Crippen MR) is 40.0 cm³/mol. The van der Waals surface area contributed by atoms with Crippen LogP contribution in [0.3, 0.4) is 0 Å². The van der Waals surface area contributed by atoms with Crippen molar-refractivity contribution in [3.8, 4) is 0 Å². The monoisotopic (exact) mass is 162 g/mol. The summed E-state index contributed by atoms with van der Waals surface area (Å²) in [6.07, 6.45) is 1.88. The lowest BCUT2D eigenvalue weighted by Gasteiger charge is -1.92. The first-order chi connectivity index (χ1) is 4.66. The number of halogens is 1. The molecule has 0 atom stereocenters. The molecule has 58 valence electrons. The summed E-state index contributed by atoms with van der Waals surface area (Å²) >= 11 is 5.03. The zero-order chi connectivity index (χ0) is 7.98. The fourth-order valence-corrected chi connectivity index (χ4v) is 0.736. The van der Waals surface area contributed by atoms with Gasteiger partial charge < -0.3 is 0 Å². The van der Waals surface area contributed by atoms with Gasteiger partial charge in [-0.15, -0.1) is 0 Å². The number of carbonyl (C=O) groups excluding carboxylic acids is 2. The van der Waals surface area contributed by atoms with Gasteiger partial charge in [-0.2, -0.15) is 0 Å². The molecule has 0 heterocycles. The van der Waals surface area contributed by atoms with Gasteiger partial charge in [0, 0.05) is 19.3 Å². The molecule has 0 bridgehead atoms. The molecule has 0 aromatic carbocycles. The molecular weight excluding hydrogens is 152 g/mol. The summed E-state index contributed by atoms with van der Waals surface area (Å²) in [6.45, 7) is 1.93. The highest BCUT2D eigenvalue weighted by molar-refractivity contribution is 6.63. The highest BCUT2D eigenvalue weighted by Gasteiger charge is 2.02. The van der Waals surface area contributed by atoms with Gasteiger partial charge in [-0.05, 0) is 18.0 Å². The molecule has 2 nitrogen and oxygen atoms in total. The second-order valence-electron chi connectivity index (χ2n) is 2.14. The van der Waals surface area contributed by atoms with E-state index in [0.29, 0.717) is 12.8 Å². The molecule has 0 unspecified atom stereocenters. The summed E-state index contributed by atoms with van der Waals surface area (Å²) in [5.74, 6) is 0.122. The number of hydrogen-bond acceptors (Lipinski definition) is 2. The molecule has 0 aromatic heterocycles. The van der Waals surface area contributed by atoms with Gasteiger partial charge in [-0.25, -0.2) is 0 Å². The highest BCUT2D eigenvalue weighted by atomic mass is 35.5. The summed E-state index contributed by atoms with van der Waals surface area (Å²) in [5.41, 5.74) is 0. The Morgan fingerprint density at radius 2 is 1.80 bits per heavy atom. The first-order valence-corrected chi connectivity index (χ1v) is 3.74. The molecule has 0 N–H and O–H groups in total. The smallest absolute Gasteiger partial charge is 0.222 e. The van der Waals surface area contributed by atoms with Crippen LogP contribution in [0.4, 0.5) is 0 Å². The van der Waals surface area contributed by atoms with E-state index in [0.717, 1.165) is 6.42 Å². The third-order valence-electron chi connectivity index (χ3n) is 1.13. The van der Waals surface area contributed by atoms with Crippen LogP contribution in [0.25, 0.3) is 0 Å². The summed E-state index contributed by atoms with van der Waals surface area (Å²) in [7, 11) is 0. The van der Waals surface area contributed by atoms with Gasteiger partial charge in [0.05, 0.1) is 0 Å². The fourth-order valence-electron chi connectivity index (χ4n) is 0.642. The van der Waals surface area contributed by atoms with Crippen LogP contribution in [0.15, 0.2) is 0 Å². The number of hydrogen-bond donors (Lipinski definition) is 0. The van der Waals surface area contributed by atoms with Gasteiger partial charge in [0.1, 0.15) is 5.78 Å². The predicted octanol–water partition coefficient (Wildman–Crippen LogP) is 1.90. The van der Waals surface area contributed by atoms with Gasteiger partial charge in [-0.1, -0.05) is 6.92 Å². The van der Waals surface area contributed by atoms with Crippen LogP contribution in [0.2, 0.25) is 0 Å². The lowest BCUT2D eigenvalue weighted by molar-refractivity contribution is -0.121. The van der Waals surface area contributed by atoms with Crippen LogP contribution in [0.5, 0.6) is 0 Å². The molecule has 0 radical (unpaired) electrons. The minimum Gasteiger partial charge on any atom is -0.300 e. The Labute approximate surface area is 65.6 Å². The van der Waals surface area contributed by atoms with Crippen LogP contribution < -0.4 is 0 Å². The van der Waals surface area contributed by atoms with Gasteiger partial charge >= 0.3 is 0 Å². The van der Waals surface area contributed by atoms with E-state index in [2.05, 4.69) is 0 Å². The molecule has 0 saturated carbocycles.